The highest BCUT2D eigenvalue weighted by Gasteiger charge is 2.14. The maximum atomic E-state index is 14.3. The number of pyridine rings is 1. The number of nitrogen functional groups attached to an aromatic ring is 1. The average molecular weight is 307 g/mol. The van der Waals surface area contributed by atoms with Crippen molar-refractivity contribution in [2.75, 3.05) is 11.1 Å². The first-order chi connectivity index (χ1) is 11.2. The average Bonchev–Trinajstić information content (AvgIpc) is 2.57. The van der Waals surface area contributed by atoms with Crippen molar-refractivity contribution in [1.82, 2.24) is 4.98 Å². The first-order valence-corrected chi connectivity index (χ1v) is 7.01. The molecule has 0 atom stereocenters. The van der Waals surface area contributed by atoms with Crippen LogP contribution in [-0.4, -0.2) is 11.3 Å². The highest BCUT2D eigenvalue weighted by atomic mass is 19.1. The molecule has 114 valence electrons. The van der Waals surface area contributed by atoms with Gasteiger partial charge in [0.1, 0.15) is 5.82 Å². The number of nitrogens with zero attached hydrogens (tertiary/aromatic N) is 1. The van der Waals surface area contributed by atoms with Crippen LogP contribution in [0, 0.1) is 5.82 Å². The maximum Gasteiger partial charge on any atom is 0.153 e. The molecule has 0 fully saturated rings. The van der Waals surface area contributed by atoms with E-state index in [1.165, 1.54) is 12.1 Å². The van der Waals surface area contributed by atoms with E-state index in [1.54, 1.807) is 42.6 Å². The van der Waals surface area contributed by atoms with Crippen LogP contribution in [0.3, 0.4) is 0 Å². The lowest BCUT2D eigenvalue weighted by molar-refractivity contribution is 0.112. The second-order valence-corrected chi connectivity index (χ2v) is 4.93. The molecule has 0 unspecified atom stereocenters. The number of hydrogen-bond acceptors (Lipinski definition) is 4. The molecule has 0 saturated heterocycles. The quantitative estimate of drug-likeness (QED) is 0.714. The lowest BCUT2D eigenvalue weighted by Gasteiger charge is -2.14. The van der Waals surface area contributed by atoms with E-state index in [-0.39, 0.29) is 11.1 Å². The smallest absolute Gasteiger partial charge is 0.153 e. The molecule has 3 rings (SSSR count). The molecule has 23 heavy (non-hydrogen) atoms. The van der Waals surface area contributed by atoms with Gasteiger partial charge in [0.25, 0.3) is 0 Å². The molecule has 0 radical (unpaired) electrons. The first-order valence-electron chi connectivity index (χ1n) is 7.01. The molecule has 0 spiro atoms. The Balaban J connectivity index is 2.13. The number of anilines is 3. The fourth-order valence-corrected chi connectivity index (χ4v) is 2.38. The number of nitrogens with two attached hydrogens (primary N) is 1. The monoisotopic (exact) mass is 307 g/mol. The summed E-state index contributed by atoms with van der Waals surface area (Å²) in [6.07, 6.45) is 2.26. The molecule has 1 aromatic heterocycles. The van der Waals surface area contributed by atoms with Gasteiger partial charge in [-0.2, -0.15) is 0 Å². The number of nitrogens with one attached hydrogen (secondary N) is 1. The molecule has 0 bridgehead atoms. The summed E-state index contributed by atoms with van der Waals surface area (Å²) in [4.78, 5) is 15.4. The predicted molar refractivity (Wildman–Crippen MR) is 89.2 cm³/mol. The first kappa shape index (κ1) is 14.7. The number of benzene rings is 2. The topological polar surface area (TPSA) is 68.0 Å². The lowest BCUT2D eigenvalue weighted by Crippen LogP contribution is -2.01. The molecule has 0 amide bonds. The van der Waals surface area contributed by atoms with Crippen molar-refractivity contribution in [3.05, 3.63) is 72.2 Å². The van der Waals surface area contributed by atoms with Crippen molar-refractivity contribution < 1.29 is 9.18 Å². The Labute approximate surface area is 132 Å². The third-order valence-electron chi connectivity index (χ3n) is 3.46. The van der Waals surface area contributed by atoms with E-state index in [2.05, 4.69) is 10.3 Å². The summed E-state index contributed by atoms with van der Waals surface area (Å²) in [5.74, 6) is 0.0155. The molecule has 0 aliphatic carbocycles. The molecule has 2 aromatic carbocycles. The molecule has 5 heteroatoms. The van der Waals surface area contributed by atoms with Crippen LogP contribution in [0.15, 0.2) is 60.8 Å². The third kappa shape index (κ3) is 2.89. The minimum Gasteiger partial charge on any atom is -0.396 e. The van der Waals surface area contributed by atoms with E-state index >= 15 is 0 Å². The molecule has 0 aliphatic heterocycles. The molecule has 4 nitrogen and oxygen atoms in total. The zero-order valence-corrected chi connectivity index (χ0v) is 12.2. The Kier molecular flexibility index (Phi) is 4.01. The molecule has 0 aliphatic rings. The van der Waals surface area contributed by atoms with E-state index in [1.807, 2.05) is 6.07 Å². The van der Waals surface area contributed by atoms with Gasteiger partial charge in [-0.25, -0.2) is 9.37 Å². The van der Waals surface area contributed by atoms with E-state index in [0.29, 0.717) is 29.0 Å². The SMILES string of the molecule is Nc1cccnc1Nc1ccccc1-c1c(F)cccc1C=O. The predicted octanol–water partition coefficient (Wildman–Crippen LogP) is 4.03. The van der Waals surface area contributed by atoms with Gasteiger partial charge >= 0.3 is 0 Å². The maximum absolute atomic E-state index is 14.3. The van der Waals surface area contributed by atoms with Gasteiger partial charge in [-0.3, -0.25) is 4.79 Å². The van der Waals surface area contributed by atoms with Crippen molar-refractivity contribution >= 4 is 23.5 Å². The number of carbonyl (C=O) groups excluding carboxylic acids is 1. The van der Waals surface area contributed by atoms with E-state index < -0.39 is 5.82 Å². The summed E-state index contributed by atoms with van der Waals surface area (Å²) in [6, 6.07) is 15.0. The summed E-state index contributed by atoms with van der Waals surface area (Å²) in [7, 11) is 0. The van der Waals surface area contributed by atoms with Crippen LogP contribution in [0.4, 0.5) is 21.6 Å². The highest BCUT2D eigenvalue weighted by Crippen LogP contribution is 2.34. The number of carbonyl (C=O) groups is 1. The molecule has 3 aromatic rings. The zero-order valence-electron chi connectivity index (χ0n) is 12.2. The van der Waals surface area contributed by atoms with Gasteiger partial charge in [-0.15, -0.1) is 0 Å². The van der Waals surface area contributed by atoms with Crippen LogP contribution in [0.5, 0.6) is 0 Å². The van der Waals surface area contributed by atoms with E-state index in [9.17, 15) is 9.18 Å². The minimum absolute atomic E-state index is 0.250. The van der Waals surface area contributed by atoms with Crippen molar-refractivity contribution in [2.45, 2.75) is 0 Å². The van der Waals surface area contributed by atoms with E-state index in [0.717, 1.165) is 0 Å². The molecular weight excluding hydrogens is 293 g/mol. The summed E-state index contributed by atoms with van der Waals surface area (Å²) in [5, 5.41) is 3.10. The van der Waals surface area contributed by atoms with E-state index in [4.69, 9.17) is 5.73 Å². The Hall–Kier alpha value is -3.21. The van der Waals surface area contributed by atoms with Crippen molar-refractivity contribution in [1.29, 1.82) is 0 Å². The second kappa shape index (κ2) is 6.27. The highest BCUT2D eigenvalue weighted by molar-refractivity contribution is 5.92. The van der Waals surface area contributed by atoms with Gasteiger partial charge < -0.3 is 11.1 Å². The summed E-state index contributed by atoms with van der Waals surface area (Å²) in [5.41, 5.74) is 8.09. The normalized spacial score (nSPS) is 10.3. The molecule has 1 heterocycles. The number of aromatic nitrogens is 1. The Morgan fingerprint density at radius 1 is 1.04 bits per heavy atom. The number of halogens is 1. The van der Waals surface area contributed by atoms with Gasteiger partial charge in [0.2, 0.25) is 0 Å². The fourth-order valence-electron chi connectivity index (χ4n) is 2.38. The summed E-state index contributed by atoms with van der Waals surface area (Å²) < 4.78 is 14.3. The van der Waals surface area contributed by atoms with Crippen LogP contribution in [0.25, 0.3) is 11.1 Å². The molecule has 0 saturated carbocycles. The minimum atomic E-state index is -0.460. The third-order valence-corrected chi connectivity index (χ3v) is 3.46. The lowest BCUT2D eigenvalue weighted by atomic mass is 9.98. The molecule has 3 N–H and O–H groups in total. The number of aldehydes is 1. The van der Waals surface area contributed by atoms with Crippen LogP contribution in [0.2, 0.25) is 0 Å². The van der Waals surface area contributed by atoms with Crippen LogP contribution in [0.1, 0.15) is 10.4 Å². The standard InChI is InChI=1S/C18H14FN3O/c19-14-7-3-5-12(11-23)17(14)13-6-1-2-9-16(13)22-18-15(20)8-4-10-21-18/h1-11H,20H2,(H,21,22). The van der Waals surface area contributed by atoms with Gasteiger partial charge in [0.15, 0.2) is 12.1 Å². The van der Waals surface area contributed by atoms with Crippen LogP contribution >= 0.6 is 0 Å². The Morgan fingerprint density at radius 2 is 1.87 bits per heavy atom. The van der Waals surface area contributed by atoms with Crippen LogP contribution < -0.4 is 11.1 Å². The Morgan fingerprint density at radius 3 is 2.65 bits per heavy atom. The Bertz CT molecular complexity index is 864. The largest absolute Gasteiger partial charge is 0.396 e. The van der Waals surface area contributed by atoms with Gasteiger partial charge in [-0.1, -0.05) is 30.3 Å². The van der Waals surface area contributed by atoms with Gasteiger partial charge in [0, 0.05) is 28.6 Å². The van der Waals surface area contributed by atoms with Crippen molar-refractivity contribution in [3.8, 4) is 11.1 Å². The van der Waals surface area contributed by atoms with Gasteiger partial charge in [-0.05, 0) is 24.3 Å². The zero-order chi connectivity index (χ0) is 16.2. The van der Waals surface area contributed by atoms with Crippen molar-refractivity contribution in [3.63, 3.8) is 0 Å². The van der Waals surface area contributed by atoms with Crippen LogP contribution in [-0.2, 0) is 0 Å². The summed E-state index contributed by atoms with van der Waals surface area (Å²) in [6.45, 7) is 0. The fraction of sp³-hybridized carbons (Fsp3) is 0. The number of hydrogen-bond donors (Lipinski definition) is 2. The van der Waals surface area contributed by atoms with Crippen molar-refractivity contribution in [2.24, 2.45) is 0 Å². The van der Waals surface area contributed by atoms with Gasteiger partial charge in [0.05, 0.1) is 5.69 Å². The summed E-state index contributed by atoms with van der Waals surface area (Å²) >= 11 is 0. The number of rotatable bonds is 4. The molecular formula is C18H14FN3O. The second-order valence-electron chi connectivity index (χ2n) is 4.93. The number of para-hydroxylation sites is 1.